The van der Waals surface area contributed by atoms with Gasteiger partial charge in [0.15, 0.2) is 0 Å². The summed E-state index contributed by atoms with van der Waals surface area (Å²) in [6.45, 7) is 0.498. The number of benzene rings is 3. The van der Waals surface area contributed by atoms with Crippen LogP contribution in [0.4, 0.5) is 5.69 Å². The molecule has 3 aromatic carbocycles. The minimum atomic E-state index is -0.235. The molecule has 3 nitrogen and oxygen atoms in total. The van der Waals surface area contributed by atoms with Crippen LogP contribution in [0.3, 0.4) is 0 Å². The van der Waals surface area contributed by atoms with Crippen LogP contribution in [-0.2, 0) is 6.54 Å². The predicted molar refractivity (Wildman–Crippen MR) is 108 cm³/mol. The van der Waals surface area contributed by atoms with E-state index in [1.807, 2.05) is 77.7 Å². The molecule has 1 atom stereocenters. The van der Waals surface area contributed by atoms with Crippen LogP contribution in [0.15, 0.2) is 77.3 Å². The number of para-hydroxylation sites is 1. The Hall–Kier alpha value is -2.30. The fraction of sp³-hybridized carbons (Fsp3) is 0.0952. The Morgan fingerprint density at radius 2 is 1.65 bits per heavy atom. The zero-order valence-corrected chi connectivity index (χ0v) is 16.2. The summed E-state index contributed by atoms with van der Waals surface area (Å²) in [6.07, 6.45) is -0.235. The quantitative estimate of drug-likeness (QED) is 0.567. The average Bonchev–Trinajstić information content (AvgIpc) is 2.66. The van der Waals surface area contributed by atoms with Gasteiger partial charge in [-0.1, -0.05) is 63.9 Å². The molecule has 1 heterocycles. The summed E-state index contributed by atoms with van der Waals surface area (Å²) in [4.78, 5) is 15.0. The van der Waals surface area contributed by atoms with E-state index in [1.165, 1.54) is 0 Å². The Labute approximate surface area is 165 Å². The molecule has 0 aliphatic carbocycles. The third-order valence-electron chi connectivity index (χ3n) is 4.47. The van der Waals surface area contributed by atoms with Gasteiger partial charge in [0.25, 0.3) is 5.91 Å². The number of carbonyl (C=O) groups excluding carboxylic acids is 1. The molecule has 1 unspecified atom stereocenters. The van der Waals surface area contributed by atoms with Gasteiger partial charge in [0.05, 0.1) is 5.56 Å². The maximum Gasteiger partial charge on any atom is 0.258 e. The van der Waals surface area contributed by atoms with Crippen molar-refractivity contribution in [2.24, 2.45) is 0 Å². The van der Waals surface area contributed by atoms with Crippen LogP contribution in [0, 0.1) is 0 Å². The van der Waals surface area contributed by atoms with Gasteiger partial charge in [-0.25, -0.2) is 0 Å². The number of fused-ring (bicyclic) bond motifs is 1. The van der Waals surface area contributed by atoms with Crippen LogP contribution in [-0.4, -0.2) is 10.8 Å². The Bertz CT molecular complexity index is 941. The highest BCUT2D eigenvalue weighted by molar-refractivity contribution is 9.10. The van der Waals surface area contributed by atoms with E-state index in [9.17, 15) is 4.79 Å². The minimum absolute atomic E-state index is 0.0159. The molecule has 4 rings (SSSR count). The number of anilines is 1. The molecule has 1 N–H and O–H groups in total. The van der Waals surface area contributed by atoms with Gasteiger partial charge in [0, 0.05) is 21.7 Å². The second-order valence-electron chi connectivity index (χ2n) is 6.20. The first-order chi connectivity index (χ1) is 12.6. The lowest BCUT2D eigenvalue weighted by Crippen LogP contribution is -2.42. The lowest BCUT2D eigenvalue weighted by molar-refractivity contribution is 0.0666. The first-order valence-corrected chi connectivity index (χ1v) is 9.45. The Kier molecular flexibility index (Phi) is 4.70. The molecule has 0 saturated heterocycles. The molecule has 1 amide bonds. The second kappa shape index (κ2) is 7.14. The van der Waals surface area contributed by atoms with Crippen LogP contribution >= 0.6 is 27.5 Å². The summed E-state index contributed by atoms with van der Waals surface area (Å²) >= 11 is 9.46. The molecule has 1 aliphatic heterocycles. The van der Waals surface area contributed by atoms with E-state index >= 15 is 0 Å². The molecule has 0 fully saturated rings. The highest BCUT2D eigenvalue weighted by Crippen LogP contribution is 2.34. The van der Waals surface area contributed by atoms with Crippen LogP contribution in [0.2, 0.25) is 5.02 Å². The Balaban J connectivity index is 1.74. The summed E-state index contributed by atoms with van der Waals surface area (Å²) in [6, 6.07) is 23.3. The summed E-state index contributed by atoms with van der Waals surface area (Å²) in [7, 11) is 0. The van der Waals surface area contributed by atoms with E-state index < -0.39 is 0 Å². The summed E-state index contributed by atoms with van der Waals surface area (Å²) in [5, 5.41) is 4.20. The fourth-order valence-corrected chi connectivity index (χ4v) is 3.54. The zero-order chi connectivity index (χ0) is 18.1. The number of hydrogen-bond donors (Lipinski definition) is 1. The SMILES string of the molecule is O=C1c2ccccc2NC(c2ccc(Br)cc2)N1Cc1ccc(Cl)cc1. The van der Waals surface area contributed by atoms with Gasteiger partial charge in [-0.3, -0.25) is 4.79 Å². The topological polar surface area (TPSA) is 32.3 Å². The second-order valence-corrected chi connectivity index (χ2v) is 7.56. The molecule has 3 aromatic rings. The molecule has 0 bridgehead atoms. The van der Waals surface area contributed by atoms with Crippen LogP contribution in [0.5, 0.6) is 0 Å². The maximum absolute atomic E-state index is 13.2. The Morgan fingerprint density at radius 1 is 0.962 bits per heavy atom. The molecule has 0 spiro atoms. The number of halogens is 2. The van der Waals surface area contributed by atoms with E-state index in [4.69, 9.17) is 11.6 Å². The monoisotopic (exact) mass is 426 g/mol. The van der Waals surface area contributed by atoms with Gasteiger partial charge in [-0.05, 0) is 47.5 Å². The predicted octanol–water partition coefficient (Wildman–Crippen LogP) is 5.87. The zero-order valence-electron chi connectivity index (χ0n) is 13.8. The van der Waals surface area contributed by atoms with Crippen molar-refractivity contribution in [2.45, 2.75) is 12.7 Å². The normalized spacial score (nSPS) is 16.2. The van der Waals surface area contributed by atoms with Crippen molar-refractivity contribution in [1.82, 2.24) is 4.90 Å². The highest BCUT2D eigenvalue weighted by Gasteiger charge is 2.32. The maximum atomic E-state index is 13.2. The Morgan fingerprint density at radius 3 is 2.38 bits per heavy atom. The molecule has 5 heteroatoms. The lowest BCUT2D eigenvalue weighted by Gasteiger charge is -2.38. The first-order valence-electron chi connectivity index (χ1n) is 8.28. The van der Waals surface area contributed by atoms with E-state index in [2.05, 4.69) is 21.2 Å². The number of nitrogens with zero attached hydrogens (tertiary/aromatic N) is 1. The fourth-order valence-electron chi connectivity index (χ4n) is 3.15. The van der Waals surface area contributed by atoms with Crippen molar-refractivity contribution >= 4 is 39.1 Å². The molecular formula is C21H16BrClN2O. The van der Waals surface area contributed by atoms with Crippen molar-refractivity contribution in [2.75, 3.05) is 5.32 Å². The van der Waals surface area contributed by atoms with Gasteiger partial charge in [-0.15, -0.1) is 0 Å². The lowest BCUT2D eigenvalue weighted by atomic mass is 10.0. The van der Waals surface area contributed by atoms with Crippen LogP contribution in [0.1, 0.15) is 27.7 Å². The average molecular weight is 428 g/mol. The van der Waals surface area contributed by atoms with Crippen molar-refractivity contribution < 1.29 is 4.79 Å². The molecule has 0 radical (unpaired) electrons. The summed E-state index contributed by atoms with van der Waals surface area (Å²) in [5.74, 6) is 0.0159. The van der Waals surface area contributed by atoms with Crippen molar-refractivity contribution in [3.63, 3.8) is 0 Å². The summed E-state index contributed by atoms with van der Waals surface area (Å²) < 4.78 is 1.01. The number of amides is 1. The molecule has 130 valence electrons. The van der Waals surface area contributed by atoms with Gasteiger partial charge in [0.1, 0.15) is 6.17 Å². The van der Waals surface area contributed by atoms with Crippen molar-refractivity contribution in [3.05, 3.63) is 99.0 Å². The third-order valence-corrected chi connectivity index (χ3v) is 5.25. The number of carbonyl (C=O) groups is 1. The van der Waals surface area contributed by atoms with E-state index in [0.29, 0.717) is 17.1 Å². The van der Waals surface area contributed by atoms with E-state index in [-0.39, 0.29) is 12.1 Å². The highest BCUT2D eigenvalue weighted by atomic mass is 79.9. The first kappa shape index (κ1) is 17.1. The van der Waals surface area contributed by atoms with Gasteiger partial charge >= 0.3 is 0 Å². The molecule has 0 saturated carbocycles. The van der Waals surface area contributed by atoms with Crippen LogP contribution < -0.4 is 5.32 Å². The molecule has 1 aliphatic rings. The number of hydrogen-bond acceptors (Lipinski definition) is 2. The molecule has 26 heavy (non-hydrogen) atoms. The van der Waals surface area contributed by atoms with E-state index in [0.717, 1.165) is 21.3 Å². The van der Waals surface area contributed by atoms with Crippen LogP contribution in [0.25, 0.3) is 0 Å². The number of rotatable bonds is 3. The minimum Gasteiger partial charge on any atom is -0.361 e. The largest absolute Gasteiger partial charge is 0.361 e. The van der Waals surface area contributed by atoms with Gasteiger partial charge < -0.3 is 10.2 Å². The number of nitrogens with one attached hydrogen (secondary N) is 1. The summed E-state index contributed by atoms with van der Waals surface area (Å²) in [5.41, 5.74) is 3.61. The van der Waals surface area contributed by atoms with E-state index in [1.54, 1.807) is 0 Å². The van der Waals surface area contributed by atoms with Crippen molar-refractivity contribution in [3.8, 4) is 0 Å². The van der Waals surface area contributed by atoms with Crippen molar-refractivity contribution in [1.29, 1.82) is 0 Å². The molecular weight excluding hydrogens is 412 g/mol. The molecule has 0 aromatic heterocycles. The smallest absolute Gasteiger partial charge is 0.258 e. The standard InChI is InChI=1S/C21H16BrClN2O/c22-16-9-7-15(8-10-16)20-24-19-4-2-1-3-18(19)21(26)25(20)13-14-5-11-17(23)12-6-14/h1-12,20,24H,13H2. The van der Waals surface area contributed by atoms with Gasteiger partial charge in [-0.2, -0.15) is 0 Å². The van der Waals surface area contributed by atoms with Gasteiger partial charge in [0.2, 0.25) is 0 Å². The third kappa shape index (κ3) is 3.35.